The standard InChI is InChI=1S/C10H20O2/c1-8-4-10(6-11,7-12)5-9(8,2)3/h8,11-12H,4-7H2,1-3H3. The molecule has 1 rings (SSSR count). The SMILES string of the molecule is CC1CC(CO)(CO)CC1(C)C. The Kier molecular flexibility index (Phi) is 2.50. The third-order valence-corrected chi connectivity index (χ3v) is 3.57. The Bertz CT molecular complexity index is 159. The maximum Gasteiger partial charge on any atom is 0.0509 e. The summed E-state index contributed by atoms with van der Waals surface area (Å²) in [6, 6.07) is 0. The van der Waals surface area contributed by atoms with E-state index in [0.29, 0.717) is 5.92 Å². The molecule has 1 atom stereocenters. The van der Waals surface area contributed by atoms with Crippen molar-refractivity contribution in [3.05, 3.63) is 0 Å². The average Bonchev–Trinajstić information content (AvgIpc) is 2.24. The van der Waals surface area contributed by atoms with Crippen LogP contribution in [0.4, 0.5) is 0 Å². The molecule has 0 saturated heterocycles. The summed E-state index contributed by atoms with van der Waals surface area (Å²) in [5.74, 6) is 0.594. The molecule has 1 unspecified atom stereocenters. The van der Waals surface area contributed by atoms with Crippen LogP contribution in [-0.2, 0) is 0 Å². The van der Waals surface area contributed by atoms with Gasteiger partial charge in [0.15, 0.2) is 0 Å². The van der Waals surface area contributed by atoms with Crippen LogP contribution in [0.25, 0.3) is 0 Å². The summed E-state index contributed by atoms with van der Waals surface area (Å²) < 4.78 is 0. The third kappa shape index (κ3) is 1.50. The molecule has 2 heteroatoms. The van der Waals surface area contributed by atoms with Crippen molar-refractivity contribution in [2.45, 2.75) is 33.6 Å². The summed E-state index contributed by atoms with van der Waals surface area (Å²) in [5, 5.41) is 18.4. The fourth-order valence-electron chi connectivity index (χ4n) is 2.43. The summed E-state index contributed by atoms with van der Waals surface area (Å²) >= 11 is 0. The summed E-state index contributed by atoms with van der Waals surface area (Å²) in [7, 11) is 0. The zero-order valence-corrected chi connectivity index (χ0v) is 8.30. The Labute approximate surface area is 74.6 Å². The largest absolute Gasteiger partial charge is 0.396 e. The van der Waals surface area contributed by atoms with Gasteiger partial charge in [0.05, 0.1) is 13.2 Å². The van der Waals surface area contributed by atoms with Crippen LogP contribution < -0.4 is 0 Å². The highest BCUT2D eigenvalue weighted by molar-refractivity contribution is 4.96. The predicted octanol–water partition coefficient (Wildman–Crippen LogP) is 1.41. The Morgan fingerprint density at radius 1 is 1.25 bits per heavy atom. The summed E-state index contributed by atoms with van der Waals surface area (Å²) in [6.45, 7) is 6.87. The highest BCUT2D eigenvalue weighted by Crippen LogP contribution is 2.52. The number of aliphatic hydroxyl groups excluding tert-OH is 2. The second kappa shape index (κ2) is 3.00. The quantitative estimate of drug-likeness (QED) is 0.661. The van der Waals surface area contributed by atoms with E-state index in [0.717, 1.165) is 12.8 Å². The van der Waals surface area contributed by atoms with Crippen molar-refractivity contribution in [2.24, 2.45) is 16.7 Å². The monoisotopic (exact) mass is 172 g/mol. The van der Waals surface area contributed by atoms with Crippen molar-refractivity contribution in [1.82, 2.24) is 0 Å². The van der Waals surface area contributed by atoms with Gasteiger partial charge in [0.25, 0.3) is 0 Å². The maximum absolute atomic E-state index is 9.21. The van der Waals surface area contributed by atoms with Crippen molar-refractivity contribution in [3.63, 3.8) is 0 Å². The molecule has 1 saturated carbocycles. The third-order valence-electron chi connectivity index (χ3n) is 3.57. The molecular formula is C10H20O2. The summed E-state index contributed by atoms with van der Waals surface area (Å²) in [6.07, 6.45) is 1.89. The smallest absolute Gasteiger partial charge is 0.0509 e. The molecule has 0 aromatic carbocycles. The molecule has 0 aromatic rings. The molecule has 0 bridgehead atoms. The van der Waals surface area contributed by atoms with Crippen LogP contribution in [0, 0.1) is 16.7 Å². The van der Waals surface area contributed by atoms with Crippen LogP contribution in [0.1, 0.15) is 33.6 Å². The molecule has 0 heterocycles. The molecule has 0 radical (unpaired) electrons. The highest BCUT2D eigenvalue weighted by atomic mass is 16.3. The van der Waals surface area contributed by atoms with Crippen LogP contribution in [0.3, 0.4) is 0 Å². The maximum atomic E-state index is 9.21. The van der Waals surface area contributed by atoms with Crippen molar-refractivity contribution in [2.75, 3.05) is 13.2 Å². The fraction of sp³-hybridized carbons (Fsp3) is 1.00. The van der Waals surface area contributed by atoms with E-state index in [1.54, 1.807) is 0 Å². The first-order chi connectivity index (χ1) is 5.46. The van der Waals surface area contributed by atoms with Crippen molar-refractivity contribution in [1.29, 1.82) is 0 Å². The van der Waals surface area contributed by atoms with Gasteiger partial charge < -0.3 is 10.2 Å². The summed E-state index contributed by atoms with van der Waals surface area (Å²) in [5.41, 5.74) is 0.0639. The Morgan fingerprint density at radius 3 is 1.92 bits per heavy atom. The molecule has 72 valence electrons. The normalized spacial score (nSPS) is 32.2. The van der Waals surface area contributed by atoms with Gasteiger partial charge in [-0.15, -0.1) is 0 Å². The van der Waals surface area contributed by atoms with Crippen molar-refractivity contribution >= 4 is 0 Å². The number of rotatable bonds is 2. The number of hydrogen-bond donors (Lipinski definition) is 2. The van der Waals surface area contributed by atoms with Crippen molar-refractivity contribution < 1.29 is 10.2 Å². The second-order valence-electron chi connectivity index (χ2n) is 5.09. The van der Waals surface area contributed by atoms with Gasteiger partial charge in [0, 0.05) is 5.41 Å². The zero-order valence-electron chi connectivity index (χ0n) is 8.30. The van der Waals surface area contributed by atoms with E-state index in [1.807, 2.05) is 0 Å². The Hall–Kier alpha value is -0.0800. The Balaban J connectivity index is 2.75. The van der Waals surface area contributed by atoms with E-state index >= 15 is 0 Å². The van der Waals surface area contributed by atoms with E-state index in [4.69, 9.17) is 0 Å². The minimum Gasteiger partial charge on any atom is -0.396 e. The van der Waals surface area contributed by atoms with Gasteiger partial charge in [-0.25, -0.2) is 0 Å². The van der Waals surface area contributed by atoms with Crippen LogP contribution in [0.2, 0.25) is 0 Å². The lowest BCUT2D eigenvalue weighted by atomic mass is 9.81. The molecule has 2 nitrogen and oxygen atoms in total. The predicted molar refractivity (Wildman–Crippen MR) is 48.8 cm³/mol. The minimum absolute atomic E-state index is 0.122. The van der Waals surface area contributed by atoms with Gasteiger partial charge in [-0.2, -0.15) is 0 Å². The van der Waals surface area contributed by atoms with Crippen LogP contribution in [0.15, 0.2) is 0 Å². The topological polar surface area (TPSA) is 40.5 Å². The first kappa shape index (κ1) is 10.0. The molecule has 12 heavy (non-hydrogen) atoms. The van der Waals surface area contributed by atoms with Gasteiger partial charge in [-0.1, -0.05) is 20.8 Å². The van der Waals surface area contributed by atoms with E-state index in [2.05, 4.69) is 20.8 Å². The molecule has 1 aliphatic rings. The van der Waals surface area contributed by atoms with E-state index in [9.17, 15) is 10.2 Å². The lowest BCUT2D eigenvalue weighted by Gasteiger charge is -2.26. The molecular weight excluding hydrogens is 152 g/mol. The molecule has 0 spiro atoms. The van der Waals surface area contributed by atoms with E-state index < -0.39 is 0 Å². The average molecular weight is 172 g/mol. The molecule has 0 aromatic heterocycles. The molecule has 0 amide bonds. The number of hydrogen-bond acceptors (Lipinski definition) is 2. The first-order valence-corrected chi connectivity index (χ1v) is 4.67. The van der Waals surface area contributed by atoms with Gasteiger partial charge in [-0.3, -0.25) is 0 Å². The van der Waals surface area contributed by atoms with Crippen LogP contribution in [-0.4, -0.2) is 23.4 Å². The Morgan fingerprint density at radius 2 is 1.75 bits per heavy atom. The molecule has 1 fully saturated rings. The van der Waals surface area contributed by atoms with Crippen LogP contribution in [0.5, 0.6) is 0 Å². The van der Waals surface area contributed by atoms with E-state index in [-0.39, 0.29) is 24.0 Å². The lowest BCUT2D eigenvalue weighted by Crippen LogP contribution is -2.27. The first-order valence-electron chi connectivity index (χ1n) is 4.67. The lowest BCUT2D eigenvalue weighted by molar-refractivity contribution is 0.0514. The molecule has 1 aliphatic carbocycles. The fourth-order valence-corrected chi connectivity index (χ4v) is 2.43. The highest BCUT2D eigenvalue weighted by Gasteiger charge is 2.46. The van der Waals surface area contributed by atoms with Crippen LogP contribution >= 0.6 is 0 Å². The molecule has 0 aliphatic heterocycles. The van der Waals surface area contributed by atoms with Gasteiger partial charge in [0.1, 0.15) is 0 Å². The van der Waals surface area contributed by atoms with E-state index in [1.165, 1.54) is 0 Å². The van der Waals surface area contributed by atoms with Gasteiger partial charge in [-0.05, 0) is 24.2 Å². The second-order valence-corrected chi connectivity index (χ2v) is 5.09. The van der Waals surface area contributed by atoms with Crippen molar-refractivity contribution in [3.8, 4) is 0 Å². The minimum atomic E-state index is -0.205. The zero-order chi connectivity index (χ0) is 9.41. The molecule has 2 N–H and O–H groups in total. The van der Waals surface area contributed by atoms with Gasteiger partial charge in [0.2, 0.25) is 0 Å². The number of aliphatic hydroxyl groups is 2. The summed E-state index contributed by atoms with van der Waals surface area (Å²) in [4.78, 5) is 0. The van der Waals surface area contributed by atoms with Gasteiger partial charge >= 0.3 is 0 Å².